The summed E-state index contributed by atoms with van der Waals surface area (Å²) in [5.41, 5.74) is -4.36. The fourth-order valence-corrected chi connectivity index (χ4v) is 8.38. The number of carbonyl (C=O) groups is 2. The standard InChI is InChI=1S/C32H50O7/c1-5-6-7-8-9-10-11-12-13-15-24(34)39-31-17-14-16-30-19-21(2)26(35)32(30,38)27(36)22(20-33)18-23(28(30)37)25(31)29(31,3)4/h18-19,23,25-27,33,35-36,38H,5-17,20H2,1-4H3/t23-,25+,26-,27+,30+,31-,32+/m0/s1. The molecule has 4 N–H and O–H groups in total. The van der Waals surface area contributed by atoms with E-state index in [1.54, 1.807) is 19.1 Å². The first-order chi connectivity index (χ1) is 18.4. The molecular formula is C32H50O7. The lowest BCUT2D eigenvalue weighted by Crippen LogP contribution is -2.63. The Kier molecular flexibility index (Phi) is 8.88. The first-order valence-electron chi connectivity index (χ1n) is 15.3. The first kappa shape index (κ1) is 30.4. The molecule has 0 aromatic heterocycles. The molecule has 4 rings (SSSR count). The van der Waals surface area contributed by atoms with Crippen molar-refractivity contribution in [1.82, 2.24) is 0 Å². The van der Waals surface area contributed by atoms with Gasteiger partial charge in [-0.15, -0.1) is 0 Å². The summed E-state index contributed by atoms with van der Waals surface area (Å²) in [4.78, 5) is 27.4. The predicted molar refractivity (Wildman–Crippen MR) is 149 cm³/mol. The van der Waals surface area contributed by atoms with Gasteiger partial charge in [-0.25, -0.2) is 0 Å². The van der Waals surface area contributed by atoms with Crippen LogP contribution in [-0.2, 0) is 14.3 Å². The van der Waals surface area contributed by atoms with Gasteiger partial charge in [0, 0.05) is 23.7 Å². The van der Waals surface area contributed by atoms with Gasteiger partial charge in [0.1, 0.15) is 23.4 Å². The Bertz CT molecular complexity index is 998. The Morgan fingerprint density at radius 1 is 1.00 bits per heavy atom. The molecule has 39 heavy (non-hydrogen) atoms. The molecule has 4 aliphatic rings. The number of hydrogen-bond donors (Lipinski definition) is 4. The van der Waals surface area contributed by atoms with Gasteiger partial charge < -0.3 is 25.2 Å². The van der Waals surface area contributed by atoms with Gasteiger partial charge >= 0.3 is 5.97 Å². The molecule has 0 saturated heterocycles. The van der Waals surface area contributed by atoms with Gasteiger partial charge in [0.2, 0.25) is 0 Å². The van der Waals surface area contributed by atoms with Crippen LogP contribution in [0, 0.1) is 22.7 Å². The number of carbonyl (C=O) groups excluding carboxylic acids is 2. The van der Waals surface area contributed by atoms with Crippen LogP contribution in [0.5, 0.6) is 0 Å². The van der Waals surface area contributed by atoms with Crippen molar-refractivity contribution in [2.24, 2.45) is 22.7 Å². The number of ether oxygens (including phenoxy) is 1. The van der Waals surface area contributed by atoms with Gasteiger partial charge in [0.15, 0.2) is 5.78 Å². The smallest absolute Gasteiger partial charge is 0.306 e. The van der Waals surface area contributed by atoms with Gasteiger partial charge in [-0.1, -0.05) is 84.3 Å². The van der Waals surface area contributed by atoms with Crippen molar-refractivity contribution >= 4 is 11.8 Å². The maximum Gasteiger partial charge on any atom is 0.306 e. The number of fused-ring (bicyclic) bond motifs is 3. The van der Waals surface area contributed by atoms with Crippen LogP contribution < -0.4 is 0 Å². The molecule has 4 aliphatic carbocycles. The third-order valence-corrected chi connectivity index (χ3v) is 10.7. The molecule has 0 aromatic rings. The van der Waals surface area contributed by atoms with Crippen LogP contribution in [0.2, 0.25) is 0 Å². The van der Waals surface area contributed by atoms with Crippen molar-refractivity contribution in [2.45, 2.75) is 135 Å². The van der Waals surface area contributed by atoms with Gasteiger partial charge in [-0.3, -0.25) is 9.59 Å². The molecule has 0 heterocycles. The average molecular weight is 547 g/mol. The minimum absolute atomic E-state index is 0.124. The number of aliphatic hydroxyl groups is 4. The van der Waals surface area contributed by atoms with Gasteiger partial charge in [0.25, 0.3) is 0 Å². The number of rotatable bonds is 12. The van der Waals surface area contributed by atoms with Crippen LogP contribution in [-0.4, -0.2) is 62.2 Å². The van der Waals surface area contributed by atoms with E-state index in [9.17, 15) is 30.0 Å². The molecule has 0 amide bonds. The lowest BCUT2D eigenvalue weighted by Gasteiger charge is -2.46. The van der Waals surface area contributed by atoms with E-state index in [1.165, 1.54) is 38.5 Å². The number of allylic oxidation sites excluding steroid dienone is 1. The highest BCUT2D eigenvalue weighted by molar-refractivity contribution is 5.95. The van der Waals surface area contributed by atoms with Crippen molar-refractivity contribution in [3.05, 3.63) is 23.3 Å². The highest BCUT2D eigenvalue weighted by atomic mass is 16.6. The molecule has 2 fully saturated rings. The molecule has 0 unspecified atom stereocenters. The average Bonchev–Trinajstić information content (AvgIpc) is 3.29. The summed E-state index contributed by atoms with van der Waals surface area (Å²) in [6.07, 6.45) is 12.3. The Morgan fingerprint density at radius 2 is 1.62 bits per heavy atom. The number of aliphatic hydroxyl groups excluding tert-OH is 3. The normalized spacial score (nSPS) is 38.5. The second-order valence-corrected chi connectivity index (χ2v) is 13.3. The maximum atomic E-state index is 14.3. The van der Waals surface area contributed by atoms with E-state index >= 15 is 0 Å². The summed E-state index contributed by atoms with van der Waals surface area (Å²) in [6, 6.07) is 0. The van der Waals surface area contributed by atoms with Crippen LogP contribution >= 0.6 is 0 Å². The zero-order chi connectivity index (χ0) is 28.6. The van der Waals surface area contributed by atoms with Crippen LogP contribution in [0.3, 0.4) is 0 Å². The zero-order valence-corrected chi connectivity index (χ0v) is 24.4. The fraction of sp³-hybridized carbons (Fsp3) is 0.812. The molecule has 7 heteroatoms. The number of esters is 1. The molecule has 1 spiro atoms. The molecule has 0 radical (unpaired) electrons. The van der Waals surface area contributed by atoms with E-state index in [-0.39, 0.29) is 29.7 Å². The highest BCUT2D eigenvalue weighted by Crippen LogP contribution is 2.72. The Labute approximate surface area is 233 Å². The Balaban J connectivity index is 1.48. The molecule has 2 saturated carbocycles. The zero-order valence-electron chi connectivity index (χ0n) is 24.4. The second kappa shape index (κ2) is 11.4. The van der Waals surface area contributed by atoms with Gasteiger partial charge in [-0.05, 0) is 43.8 Å². The number of unbranched alkanes of at least 4 members (excludes halogenated alkanes) is 8. The van der Waals surface area contributed by atoms with Crippen molar-refractivity contribution < 1.29 is 34.8 Å². The molecule has 7 nitrogen and oxygen atoms in total. The molecule has 2 bridgehead atoms. The van der Waals surface area contributed by atoms with Crippen LogP contribution in [0.25, 0.3) is 0 Å². The first-order valence-corrected chi connectivity index (χ1v) is 15.3. The number of Topliss-reactive ketones (excluding diaryl/α,β-unsaturated/α-hetero) is 1. The minimum atomic E-state index is -2.15. The van der Waals surface area contributed by atoms with Crippen molar-refractivity contribution in [3.63, 3.8) is 0 Å². The van der Waals surface area contributed by atoms with Gasteiger partial charge in [0.05, 0.1) is 12.0 Å². The summed E-state index contributed by atoms with van der Waals surface area (Å²) < 4.78 is 6.26. The summed E-state index contributed by atoms with van der Waals surface area (Å²) in [5, 5.41) is 44.2. The van der Waals surface area contributed by atoms with Crippen LogP contribution in [0.15, 0.2) is 23.3 Å². The topological polar surface area (TPSA) is 124 Å². The molecule has 0 aliphatic heterocycles. The maximum absolute atomic E-state index is 14.3. The van der Waals surface area contributed by atoms with E-state index in [2.05, 4.69) is 6.92 Å². The summed E-state index contributed by atoms with van der Waals surface area (Å²) in [5.74, 6) is -1.62. The number of ketones is 1. The fourth-order valence-electron chi connectivity index (χ4n) is 8.38. The second-order valence-electron chi connectivity index (χ2n) is 13.3. The molecular weight excluding hydrogens is 496 g/mol. The van der Waals surface area contributed by atoms with Crippen molar-refractivity contribution in [3.8, 4) is 0 Å². The molecule has 7 atom stereocenters. The Morgan fingerprint density at radius 3 is 2.23 bits per heavy atom. The Hall–Kier alpha value is -1.54. The van der Waals surface area contributed by atoms with Crippen LogP contribution in [0.1, 0.15) is 111 Å². The lowest BCUT2D eigenvalue weighted by atomic mass is 9.62. The van der Waals surface area contributed by atoms with Gasteiger partial charge in [-0.2, -0.15) is 0 Å². The van der Waals surface area contributed by atoms with E-state index < -0.39 is 46.8 Å². The van der Waals surface area contributed by atoms with E-state index in [4.69, 9.17) is 4.74 Å². The summed E-state index contributed by atoms with van der Waals surface area (Å²) >= 11 is 0. The monoisotopic (exact) mass is 546 g/mol. The van der Waals surface area contributed by atoms with E-state index in [0.29, 0.717) is 24.8 Å². The lowest BCUT2D eigenvalue weighted by molar-refractivity contribution is -0.184. The van der Waals surface area contributed by atoms with Crippen molar-refractivity contribution in [2.75, 3.05) is 6.61 Å². The molecule has 220 valence electrons. The third kappa shape index (κ3) is 4.75. The molecule has 0 aromatic carbocycles. The number of hydrogen-bond acceptors (Lipinski definition) is 7. The summed E-state index contributed by atoms with van der Waals surface area (Å²) in [6.45, 7) is 7.35. The van der Waals surface area contributed by atoms with Crippen molar-refractivity contribution in [1.29, 1.82) is 0 Å². The van der Waals surface area contributed by atoms with E-state index in [0.717, 1.165) is 19.3 Å². The quantitative estimate of drug-likeness (QED) is 0.161. The van der Waals surface area contributed by atoms with Crippen LogP contribution in [0.4, 0.5) is 0 Å². The highest BCUT2D eigenvalue weighted by Gasteiger charge is 2.80. The third-order valence-electron chi connectivity index (χ3n) is 10.7. The SMILES string of the molecule is CCCCCCCCCCCC(=O)O[C@@]12CCC[C@]34C=C(C)[C@H](O)[C@@]3(O)[C@H](O)C(CO)=C[C@H](C4=O)[C@@H]1C2(C)C. The predicted octanol–water partition coefficient (Wildman–Crippen LogP) is 4.55. The van der Waals surface area contributed by atoms with E-state index in [1.807, 2.05) is 13.8 Å². The largest absolute Gasteiger partial charge is 0.458 e. The summed E-state index contributed by atoms with van der Waals surface area (Å²) in [7, 11) is 0. The minimum Gasteiger partial charge on any atom is -0.458 e.